The lowest BCUT2D eigenvalue weighted by Crippen LogP contribution is -2.26. The predicted molar refractivity (Wildman–Crippen MR) is 103 cm³/mol. The molecule has 1 aliphatic rings. The van der Waals surface area contributed by atoms with E-state index < -0.39 is 0 Å². The predicted octanol–water partition coefficient (Wildman–Crippen LogP) is 4.18. The van der Waals surface area contributed by atoms with Gasteiger partial charge in [-0.25, -0.2) is 0 Å². The van der Waals surface area contributed by atoms with Crippen molar-refractivity contribution in [3.8, 4) is 0 Å². The van der Waals surface area contributed by atoms with E-state index >= 15 is 0 Å². The Morgan fingerprint density at radius 2 is 1.62 bits per heavy atom. The monoisotopic (exact) mass is 372 g/mol. The highest BCUT2D eigenvalue weighted by atomic mass is 32.2. The summed E-state index contributed by atoms with van der Waals surface area (Å²) in [6.07, 6.45) is 0.691. The van der Waals surface area contributed by atoms with Crippen LogP contribution in [0, 0.1) is 0 Å². The number of esters is 1. The molecule has 2 aromatic carbocycles. The van der Waals surface area contributed by atoms with E-state index in [1.807, 2.05) is 60.7 Å². The molecule has 1 fully saturated rings. The van der Waals surface area contributed by atoms with Crippen molar-refractivity contribution in [3.63, 3.8) is 0 Å². The molecule has 2 aromatic rings. The maximum Gasteiger partial charge on any atom is 0.303 e. The fourth-order valence-corrected chi connectivity index (χ4v) is 4.33. The molecule has 1 unspecified atom stereocenters. The first-order valence-corrected chi connectivity index (χ1v) is 9.75. The van der Waals surface area contributed by atoms with Gasteiger partial charge in [0.1, 0.15) is 0 Å². The molecule has 0 saturated carbocycles. The van der Waals surface area contributed by atoms with E-state index in [2.05, 4.69) is 0 Å². The highest BCUT2D eigenvalue weighted by Crippen LogP contribution is 2.37. The molecule has 0 radical (unpaired) electrons. The Morgan fingerprint density at radius 1 is 1.00 bits per heavy atom. The van der Waals surface area contributed by atoms with Crippen molar-refractivity contribution in [2.24, 2.45) is 0 Å². The van der Waals surface area contributed by atoms with Crippen LogP contribution in [0.3, 0.4) is 0 Å². The van der Waals surface area contributed by atoms with Gasteiger partial charge in [-0.3, -0.25) is 4.79 Å². The normalized spacial score (nSPS) is 22.3. The van der Waals surface area contributed by atoms with Gasteiger partial charge in [-0.15, -0.1) is 11.8 Å². The minimum absolute atomic E-state index is 0.000305. The standard InChI is InChI=1S/C21H24O4S/c1-16(22)25-21-12-19(24-14-18-10-6-3-7-11-18)20(26-21)15-23-13-17-8-4-2-5-9-17/h2-11,19-21H,12-15H2,1H3/t19-,20+,21?/m1/s1. The molecule has 1 saturated heterocycles. The van der Waals surface area contributed by atoms with E-state index in [1.165, 1.54) is 6.92 Å². The molecule has 0 N–H and O–H groups in total. The minimum atomic E-state index is -0.254. The van der Waals surface area contributed by atoms with Gasteiger partial charge in [0, 0.05) is 13.3 Å². The summed E-state index contributed by atoms with van der Waals surface area (Å²) >= 11 is 1.62. The fourth-order valence-electron chi connectivity index (χ4n) is 2.91. The van der Waals surface area contributed by atoms with Crippen molar-refractivity contribution in [2.75, 3.05) is 6.61 Å². The number of carbonyl (C=O) groups excluding carboxylic acids is 1. The third kappa shape index (κ3) is 5.87. The first-order valence-electron chi connectivity index (χ1n) is 8.80. The molecule has 0 aromatic heterocycles. The Hall–Kier alpha value is -1.82. The van der Waals surface area contributed by atoms with Crippen LogP contribution in [0.4, 0.5) is 0 Å². The topological polar surface area (TPSA) is 44.8 Å². The van der Waals surface area contributed by atoms with Crippen LogP contribution < -0.4 is 0 Å². The highest BCUT2D eigenvalue weighted by molar-refractivity contribution is 8.00. The lowest BCUT2D eigenvalue weighted by atomic mass is 10.2. The van der Waals surface area contributed by atoms with Crippen LogP contribution in [0.25, 0.3) is 0 Å². The lowest BCUT2D eigenvalue weighted by molar-refractivity contribution is -0.143. The molecule has 1 aliphatic heterocycles. The van der Waals surface area contributed by atoms with Crippen LogP contribution in [0.1, 0.15) is 24.5 Å². The number of hydrogen-bond donors (Lipinski definition) is 0. The second kappa shape index (κ2) is 9.76. The lowest BCUT2D eigenvalue weighted by Gasteiger charge is -2.19. The van der Waals surface area contributed by atoms with E-state index in [9.17, 15) is 4.79 Å². The van der Waals surface area contributed by atoms with Crippen molar-refractivity contribution in [3.05, 3.63) is 71.8 Å². The maximum absolute atomic E-state index is 11.3. The summed E-state index contributed by atoms with van der Waals surface area (Å²) in [5.41, 5.74) is 2.12. The smallest absolute Gasteiger partial charge is 0.303 e. The highest BCUT2D eigenvalue weighted by Gasteiger charge is 2.37. The van der Waals surface area contributed by atoms with Gasteiger partial charge in [0.2, 0.25) is 0 Å². The van der Waals surface area contributed by atoms with Crippen LogP contribution >= 0.6 is 11.8 Å². The van der Waals surface area contributed by atoms with E-state index in [0.717, 1.165) is 11.1 Å². The average molecular weight is 372 g/mol. The van der Waals surface area contributed by atoms with Crippen LogP contribution in [-0.2, 0) is 32.2 Å². The number of rotatable bonds is 8. The fraction of sp³-hybridized carbons (Fsp3) is 0.381. The molecule has 3 atom stereocenters. The van der Waals surface area contributed by atoms with Crippen molar-refractivity contribution in [2.45, 2.75) is 43.3 Å². The molecule has 0 spiro atoms. The molecule has 0 bridgehead atoms. The van der Waals surface area contributed by atoms with Crippen molar-refractivity contribution >= 4 is 17.7 Å². The largest absolute Gasteiger partial charge is 0.451 e. The summed E-state index contributed by atoms with van der Waals surface area (Å²) in [5.74, 6) is -0.254. The molecule has 3 rings (SSSR count). The zero-order valence-electron chi connectivity index (χ0n) is 14.9. The molecule has 4 nitrogen and oxygen atoms in total. The van der Waals surface area contributed by atoms with E-state index in [-0.39, 0.29) is 22.8 Å². The SMILES string of the molecule is CC(=O)OC1C[C@@H](OCc2ccccc2)[C@H](COCc2ccccc2)S1. The van der Waals surface area contributed by atoms with Gasteiger partial charge in [-0.2, -0.15) is 0 Å². The number of ether oxygens (including phenoxy) is 3. The van der Waals surface area contributed by atoms with Crippen molar-refractivity contribution < 1.29 is 19.0 Å². The second-order valence-corrected chi connectivity index (χ2v) is 7.69. The Bertz CT molecular complexity index is 677. The zero-order chi connectivity index (χ0) is 18.2. The summed E-state index contributed by atoms with van der Waals surface area (Å²) < 4.78 is 17.4. The Kier molecular flexibility index (Phi) is 7.12. The summed E-state index contributed by atoms with van der Waals surface area (Å²) in [6, 6.07) is 20.2. The summed E-state index contributed by atoms with van der Waals surface area (Å²) in [5, 5.41) is 0.145. The van der Waals surface area contributed by atoms with Crippen LogP contribution in [0.2, 0.25) is 0 Å². The molecule has 0 amide bonds. The van der Waals surface area contributed by atoms with Crippen LogP contribution in [0.15, 0.2) is 60.7 Å². The summed E-state index contributed by atoms with van der Waals surface area (Å²) in [7, 11) is 0. The second-order valence-electron chi connectivity index (χ2n) is 6.29. The first kappa shape index (κ1) is 19.0. The molecule has 0 aliphatic carbocycles. The van der Waals surface area contributed by atoms with Gasteiger partial charge in [0.15, 0.2) is 5.44 Å². The number of thioether (sulfide) groups is 1. The average Bonchev–Trinajstić information content (AvgIpc) is 3.02. The van der Waals surface area contributed by atoms with Crippen molar-refractivity contribution in [1.29, 1.82) is 0 Å². The van der Waals surface area contributed by atoms with Gasteiger partial charge >= 0.3 is 5.97 Å². The van der Waals surface area contributed by atoms with Crippen LogP contribution in [0.5, 0.6) is 0 Å². The minimum Gasteiger partial charge on any atom is -0.451 e. The quantitative estimate of drug-likeness (QED) is 0.651. The summed E-state index contributed by atoms with van der Waals surface area (Å²) in [4.78, 5) is 11.3. The Labute approximate surface area is 158 Å². The number of carbonyl (C=O) groups is 1. The van der Waals surface area contributed by atoms with Gasteiger partial charge in [-0.05, 0) is 11.1 Å². The molecule has 5 heteroatoms. The van der Waals surface area contributed by atoms with Gasteiger partial charge in [0.05, 0.1) is 31.2 Å². The molecular formula is C21H24O4S. The van der Waals surface area contributed by atoms with Gasteiger partial charge in [0.25, 0.3) is 0 Å². The molecule has 26 heavy (non-hydrogen) atoms. The molecule has 1 heterocycles. The Morgan fingerprint density at radius 3 is 2.23 bits per heavy atom. The third-order valence-electron chi connectivity index (χ3n) is 4.16. The maximum atomic E-state index is 11.3. The molecular weight excluding hydrogens is 348 g/mol. The van der Waals surface area contributed by atoms with Gasteiger partial charge in [-0.1, -0.05) is 60.7 Å². The van der Waals surface area contributed by atoms with E-state index in [0.29, 0.717) is 26.2 Å². The zero-order valence-corrected chi connectivity index (χ0v) is 15.7. The van der Waals surface area contributed by atoms with Gasteiger partial charge < -0.3 is 14.2 Å². The number of benzene rings is 2. The Balaban J connectivity index is 1.53. The number of hydrogen-bond acceptors (Lipinski definition) is 5. The van der Waals surface area contributed by atoms with Crippen LogP contribution in [-0.4, -0.2) is 29.4 Å². The van der Waals surface area contributed by atoms with E-state index in [4.69, 9.17) is 14.2 Å². The molecule has 138 valence electrons. The summed E-state index contributed by atoms with van der Waals surface area (Å²) in [6.45, 7) is 3.13. The van der Waals surface area contributed by atoms with E-state index in [1.54, 1.807) is 11.8 Å². The van der Waals surface area contributed by atoms with Crippen molar-refractivity contribution in [1.82, 2.24) is 0 Å². The third-order valence-corrected chi connectivity index (χ3v) is 5.55. The first-order chi connectivity index (χ1) is 12.7.